The summed E-state index contributed by atoms with van der Waals surface area (Å²) < 4.78 is 17.8. The standard InChI is InChI=1S/C10H14BrNO2S/c1-2-14-5-6-15(13)10-4-3-8(11)7-9(10)12/h3-4,7H,2,5-6,12H2,1H3. The van der Waals surface area contributed by atoms with Gasteiger partial charge in [0.25, 0.3) is 0 Å². The van der Waals surface area contributed by atoms with Gasteiger partial charge in [-0.15, -0.1) is 0 Å². The molecule has 0 heterocycles. The number of hydrogen-bond acceptors (Lipinski definition) is 3. The van der Waals surface area contributed by atoms with Crippen LogP contribution in [-0.2, 0) is 15.5 Å². The average molecular weight is 292 g/mol. The van der Waals surface area contributed by atoms with Crippen LogP contribution < -0.4 is 5.73 Å². The molecular formula is C10H14BrNO2S. The maximum absolute atomic E-state index is 11.8. The minimum absolute atomic E-state index is 0.486. The van der Waals surface area contributed by atoms with Crippen LogP contribution in [0.25, 0.3) is 0 Å². The number of rotatable bonds is 5. The van der Waals surface area contributed by atoms with Crippen molar-refractivity contribution in [2.45, 2.75) is 11.8 Å². The maximum Gasteiger partial charge on any atom is 0.0619 e. The van der Waals surface area contributed by atoms with Crippen LogP contribution in [-0.4, -0.2) is 23.2 Å². The van der Waals surface area contributed by atoms with Gasteiger partial charge in [0.2, 0.25) is 0 Å². The fourth-order valence-electron chi connectivity index (χ4n) is 1.12. The summed E-state index contributed by atoms with van der Waals surface area (Å²) in [6.07, 6.45) is 0. The minimum atomic E-state index is -1.08. The van der Waals surface area contributed by atoms with Crippen molar-refractivity contribution in [2.24, 2.45) is 0 Å². The zero-order valence-corrected chi connectivity index (χ0v) is 10.9. The zero-order chi connectivity index (χ0) is 11.3. The van der Waals surface area contributed by atoms with Gasteiger partial charge in [0.1, 0.15) is 0 Å². The van der Waals surface area contributed by atoms with Crippen LogP contribution in [0.4, 0.5) is 5.69 Å². The summed E-state index contributed by atoms with van der Waals surface area (Å²) in [6.45, 7) is 3.06. The fourth-order valence-corrected chi connectivity index (χ4v) is 2.53. The minimum Gasteiger partial charge on any atom is -0.398 e. The van der Waals surface area contributed by atoms with E-state index in [0.29, 0.717) is 29.5 Å². The van der Waals surface area contributed by atoms with E-state index >= 15 is 0 Å². The van der Waals surface area contributed by atoms with Crippen LogP contribution in [0.3, 0.4) is 0 Å². The number of nitrogen functional groups attached to an aromatic ring is 1. The van der Waals surface area contributed by atoms with Gasteiger partial charge in [-0.2, -0.15) is 0 Å². The topological polar surface area (TPSA) is 52.3 Å². The molecule has 0 aliphatic heterocycles. The van der Waals surface area contributed by atoms with Gasteiger partial charge in [-0.1, -0.05) is 15.9 Å². The van der Waals surface area contributed by atoms with Gasteiger partial charge in [-0.25, -0.2) is 0 Å². The molecule has 3 nitrogen and oxygen atoms in total. The first-order valence-corrected chi connectivity index (χ1v) is 6.77. The zero-order valence-electron chi connectivity index (χ0n) is 8.53. The first-order chi connectivity index (χ1) is 7.15. The molecule has 0 amide bonds. The van der Waals surface area contributed by atoms with Crippen LogP contribution in [0, 0.1) is 0 Å². The van der Waals surface area contributed by atoms with Crippen molar-refractivity contribution >= 4 is 32.4 Å². The molecule has 0 aliphatic rings. The van der Waals surface area contributed by atoms with Crippen LogP contribution in [0.15, 0.2) is 27.6 Å². The second-order valence-corrected chi connectivity index (χ2v) is 5.38. The number of anilines is 1. The van der Waals surface area contributed by atoms with Gasteiger partial charge in [-0.3, -0.25) is 4.21 Å². The van der Waals surface area contributed by atoms with Crippen molar-refractivity contribution in [3.05, 3.63) is 22.7 Å². The van der Waals surface area contributed by atoms with E-state index < -0.39 is 10.8 Å². The van der Waals surface area contributed by atoms with E-state index in [1.54, 1.807) is 12.1 Å². The monoisotopic (exact) mass is 291 g/mol. The van der Waals surface area contributed by atoms with E-state index in [-0.39, 0.29) is 0 Å². The Labute approximate surface area is 101 Å². The highest BCUT2D eigenvalue weighted by atomic mass is 79.9. The van der Waals surface area contributed by atoms with E-state index in [2.05, 4.69) is 15.9 Å². The molecular weight excluding hydrogens is 278 g/mol. The maximum atomic E-state index is 11.8. The van der Waals surface area contributed by atoms with E-state index in [4.69, 9.17) is 10.5 Å². The Morgan fingerprint density at radius 1 is 1.53 bits per heavy atom. The molecule has 0 spiro atoms. The van der Waals surface area contributed by atoms with Crippen molar-refractivity contribution in [3.8, 4) is 0 Å². The molecule has 0 saturated heterocycles. The second kappa shape index (κ2) is 6.25. The largest absolute Gasteiger partial charge is 0.398 e. The lowest BCUT2D eigenvalue weighted by Crippen LogP contribution is -2.08. The lowest BCUT2D eigenvalue weighted by atomic mass is 10.3. The Hall–Kier alpha value is -0.390. The molecule has 0 bridgehead atoms. The highest BCUT2D eigenvalue weighted by molar-refractivity contribution is 9.10. The Kier molecular flexibility index (Phi) is 5.28. The summed E-state index contributed by atoms with van der Waals surface area (Å²) in [4.78, 5) is 0.679. The molecule has 1 atom stereocenters. The molecule has 1 aromatic rings. The Morgan fingerprint density at radius 2 is 2.27 bits per heavy atom. The molecule has 0 aliphatic carbocycles. The predicted octanol–water partition coefficient (Wildman–Crippen LogP) is 2.18. The molecule has 2 N–H and O–H groups in total. The van der Waals surface area contributed by atoms with Crippen LogP contribution >= 0.6 is 15.9 Å². The van der Waals surface area contributed by atoms with Crippen molar-refractivity contribution in [2.75, 3.05) is 24.7 Å². The Bertz CT molecular complexity index is 357. The van der Waals surface area contributed by atoms with Crippen molar-refractivity contribution in [1.29, 1.82) is 0 Å². The van der Waals surface area contributed by atoms with Gasteiger partial charge >= 0.3 is 0 Å². The molecule has 84 valence electrons. The molecule has 0 fully saturated rings. The van der Waals surface area contributed by atoms with E-state index in [9.17, 15) is 4.21 Å². The Morgan fingerprint density at radius 3 is 2.87 bits per heavy atom. The molecule has 1 unspecified atom stereocenters. The lowest BCUT2D eigenvalue weighted by molar-refractivity contribution is 0.164. The van der Waals surface area contributed by atoms with Crippen LogP contribution in [0.5, 0.6) is 0 Å². The number of benzene rings is 1. The average Bonchev–Trinajstić information content (AvgIpc) is 2.17. The third kappa shape index (κ3) is 3.93. The first-order valence-electron chi connectivity index (χ1n) is 4.66. The number of ether oxygens (including phenoxy) is 1. The molecule has 0 aromatic heterocycles. The smallest absolute Gasteiger partial charge is 0.0619 e. The van der Waals surface area contributed by atoms with E-state index in [1.165, 1.54) is 0 Å². The summed E-state index contributed by atoms with van der Waals surface area (Å²) in [5, 5.41) is 0. The third-order valence-corrected chi connectivity index (χ3v) is 3.73. The van der Waals surface area contributed by atoms with Crippen molar-refractivity contribution < 1.29 is 8.95 Å². The molecule has 5 heteroatoms. The molecule has 1 rings (SSSR count). The van der Waals surface area contributed by atoms with Gasteiger partial charge in [0, 0.05) is 16.8 Å². The summed E-state index contributed by atoms with van der Waals surface area (Å²) in [5.74, 6) is 0.486. The lowest BCUT2D eigenvalue weighted by Gasteiger charge is -2.06. The predicted molar refractivity (Wildman–Crippen MR) is 66.3 cm³/mol. The third-order valence-electron chi connectivity index (χ3n) is 1.83. The van der Waals surface area contributed by atoms with E-state index in [0.717, 1.165) is 4.47 Å². The summed E-state index contributed by atoms with van der Waals surface area (Å²) in [7, 11) is -1.08. The summed E-state index contributed by atoms with van der Waals surface area (Å²) in [6, 6.07) is 5.37. The normalized spacial score (nSPS) is 12.7. The number of nitrogens with two attached hydrogens (primary N) is 1. The Balaban J connectivity index is 2.65. The molecule has 1 aromatic carbocycles. The summed E-state index contributed by atoms with van der Waals surface area (Å²) in [5.41, 5.74) is 6.32. The summed E-state index contributed by atoms with van der Waals surface area (Å²) >= 11 is 3.31. The van der Waals surface area contributed by atoms with E-state index in [1.807, 2.05) is 13.0 Å². The number of hydrogen-bond donors (Lipinski definition) is 1. The van der Waals surface area contributed by atoms with Gasteiger partial charge in [0.05, 0.1) is 28.1 Å². The fraction of sp³-hybridized carbons (Fsp3) is 0.400. The van der Waals surface area contributed by atoms with Gasteiger partial charge in [-0.05, 0) is 25.1 Å². The molecule has 0 radical (unpaired) electrons. The van der Waals surface area contributed by atoms with Crippen molar-refractivity contribution in [1.82, 2.24) is 0 Å². The highest BCUT2D eigenvalue weighted by Crippen LogP contribution is 2.21. The first kappa shape index (κ1) is 12.7. The second-order valence-electron chi connectivity index (χ2n) is 2.93. The highest BCUT2D eigenvalue weighted by Gasteiger charge is 2.07. The number of halogens is 1. The van der Waals surface area contributed by atoms with Gasteiger partial charge < -0.3 is 10.5 Å². The van der Waals surface area contributed by atoms with Gasteiger partial charge in [0.15, 0.2) is 0 Å². The molecule has 0 saturated carbocycles. The quantitative estimate of drug-likeness (QED) is 0.668. The molecule has 15 heavy (non-hydrogen) atoms. The van der Waals surface area contributed by atoms with Crippen molar-refractivity contribution in [3.63, 3.8) is 0 Å². The SMILES string of the molecule is CCOCCS(=O)c1ccc(Br)cc1N. The van der Waals surface area contributed by atoms with Crippen LogP contribution in [0.1, 0.15) is 6.92 Å². The van der Waals surface area contributed by atoms with Crippen LogP contribution in [0.2, 0.25) is 0 Å².